The number of rotatable bonds is 3. The zero-order chi connectivity index (χ0) is 41.3. The van der Waals surface area contributed by atoms with Crippen molar-refractivity contribution in [3.63, 3.8) is 0 Å². The fourth-order valence-electron chi connectivity index (χ4n) is 4.38. The summed E-state index contributed by atoms with van der Waals surface area (Å²) in [6, 6.07) is 27.5. The first kappa shape index (κ1) is 47.6. The van der Waals surface area contributed by atoms with E-state index in [0.717, 1.165) is 35.7 Å². The van der Waals surface area contributed by atoms with Gasteiger partial charge in [0, 0.05) is 68.2 Å². The molecule has 6 rings (SSSR count). The summed E-state index contributed by atoms with van der Waals surface area (Å²) >= 11 is 0. The van der Waals surface area contributed by atoms with Gasteiger partial charge in [-0.3, -0.25) is 27.5 Å². The number of halogens is 10. The summed E-state index contributed by atoms with van der Waals surface area (Å²) in [7, 11) is -10.7. The molecule has 0 atom stereocenters. The summed E-state index contributed by atoms with van der Waals surface area (Å²) in [5.74, 6) is -2.57. The van der Waals surface area contributed by atoms with E-state index in [-0.39, 0.29) is 42.1 Å². The van der Waals surface area contributed by atoms with E-state index < -0.39 is 31.1 Å². The van der Waals surface area contributed by atoms with Crippen molar-refractivity contribution in [2.24, 2.45) is 0 Å². The van der Waals surface area contributed by atoms with Crippen molar-refractivity contribution in [1.29, 1.82) is 0 Å². The van der Waals surface area contributed by atoms with Gasteiger partial charge < -0.3 is 9.97 Å². The van der Waals surface area contributed by atoms with Crippen molar-refractivity contribution in [2.45, 2.75) is 52.4 Å². The van der Waals surface area contributed by atoms with Gasteiger partial charge >= 0.3 is 33.0 Å². The zero-order valence-electron chi connectivity index (χ0n) is 30.7. The first-order valence-electron chi connectivity index (χ1n) is 16.2. The van der Waals surface area contributed by atoms with Gasteiger partial charge in [0.15, 0.2) is 0 Å². The van der Waals surface area contributed by atoms with Gasteiger partial charge in [-0.25, -0.2) is 0 Å². The molecular formula is C40H36F10IrN4P-3. The largest absolute Gasteiger partial charge is 0.305 e. The van der Waals surface area contributed by atoms with Crippen molar-refractivity contribution in [3.8, 4) is 33.9 Å². The first-order valence-corrected chi connectivity index (χ1v) is 18.3. The van der Waals surface area contributed by atoms with Crippen LogP contribution in [-0.4, -0.2) is 19.9 Å². The smallest absolute Gasteiger partial charge is 0.0408 e. The summed E-state index contributed by atoms with van der Waals surface area (Å²) in [5, 5.41) is 0. The van der Waals surface area contributed by atoms with Gasteiger partial charge in [0.25, 0.3) is 0 Å². The molecule has 0 unspecified atom stereocenters. The second kappa shape index (κ2) is 18.1. The average molecular weight is 986 g/mol. The minimum absolute atomic E-state index is 0. The fourth-order valence-corrected chi connectivity index (χ4v) is 4.38. The molecule has 4 nitrogen and oxygen atoms in total. The number of hydrogen-bond acceptors (Lipinski definition) is 4. The molecule has 0 spiro atoms. The molecule has 1 radical (unpaired) electrons. The molecule has 2 aromatic carbocycles. The van der Waals surface area contributed by atoms with Crippen LogP contribution in [0.25, 0.3) is 33.9 Å². The van der Waals surface area contributed by atoms with Gasteiger partial charge in [-0.15, -0.1) is 24.3 Å². The van der Waals surface area contributed by atoms with Gasteiger partial charge in [-0.05, 0) is 69.7 Å². The molecule has 4 aromatic heterocycles. The van der Waals surface area contributed by atoms with Crippen LogP contribution in [0.2, 0.25) is 0 Å². The van der Waals surface area contributed by atoms with Crippen LogP contribution in [0, 0.1) is 35.4 Å². The topological polar surface area (TPSA) is 51.6 Å². The Bertz CT molecular complexity index is 2030. The van der Waals surface area contributed by atoms with Gasteiger partial charge in [-0.2, -0.15) is 0 Å². The predicted octanol–water partition coefficient (Wildman–Crippen LogP) is 13.8. The molecule has 56 heavy (non-hydrogen) atoms. The van der Waals surface area contributed by atoms with Gasteiger partial charge in [0.05, 0.1) is 11.4 Å². The molecule has 0 aliphatic carbocycles. The maximum atomic E-state index is 13.2. The molecule has 0 aliphatic heterocycles. The quantitative estimate of drug-likeness (QED) is 0.101. The molecule has 0 bridgehead atoms. The standard InChI is InChI=1S/C18H24N2.2C11H6F2N.F6P.Ir/c1-17(2,3)13-7-9-19-15(11-13)16-12-14(8-10-20-16)18(4,5)6;2*12-8-4-5-9(10(13)7-8)11-3-1-2-6-14-11;1-7(2,3,4,5)6;/h7-12H,1-6H3;2*1-4,6-7H;;/q;3*-1;. The molecule has 0 N–H and O–H groups in total. The Morgan fingerprint density at radius 1 is 0.464 bits per heavy atom. The van der Waals surface area contributed by atoms with Crippen LogP contribution >= 0.6 is 7.81 Å². The molecule has 0 aliphatic rings. The van der Waals surface area contributed by atoms with E-state index in [0.29, 0.717) is 11.4 Å². The number of aromatic nitrogens is 4. The molecule has 0 saturated carbocycles. The van der Waals surface area contributed by atoms with Crippen LogP contribution in [0.15, 0.2) is 110 Å². The van der Waals surface area contributed by atoms with Crippen molar-refractivity contribution < 1.29 is 62.8 Å². The van der Waals surface area contributed by atoms with E-state index >= 15 is 0 Å². The SMILES string of the molecule is CC(C)(C)c1ccnc(-c2cc(C(C)(C)C)ccn2)c1.F[P-](F)(F)(F)(F)F.Fc1c[c-]c(-c2ccccn2)c(F)c1.Fc1c[c-]c(-c2ccccn2)c(F)c1.[Ir]. The van der Waals surface area contributed by atoms with Crippen LogP contribution in [0.5, 0.6) is 0 Å². The predicted molar refractivity (Wildman–Crippen MR) is 195 cm³/mol. The molecule has 4 heterocycles. The normalized spacial score (nSPS) is 12.4. The van der Waals surface area contributed by atoms with Crippen LogP contribution in [-0.2, 0) is 30.9 Å². The Morgan fingerprint density at radius 3 is 1.05 bits per heavy atom. The molecule has 0 saturated heterocycles. The Balaban J connectivity index is 0.000000270. The monoisotopic (exact) mass is 986 g/mol. The van der Waals surface area contributed by atoms with E-state index in [4.69, 9.17) is 0 Å². The second-order valence-electron chi connectivity index (χ2n) is 13.8. The zero-order valence-corrected chi connectivity index (χ0v) is 34.0. The Hall–Kier alpha value is -4.58. The van der Waals surface area contributed by atoms with Crippen LogP contribution in [0.1, 0.15) is 52.7 Å². The second-order valence-corrected chi connectivity index (χ2v) is 15.7. The maximum absolute atomic E-state index is 13.2. The summed E-state index contributed by atoms with van der Waals surface area (Å²) in [5.41, 5.74) is 5.98. The number of pyridine rings is 4. The van der Waals surface area contributed by atoms with Crippen molar-refractivity contribution in [2.75, 3.05) is 0 Å². The fraction of sp³-hybridized carbons (Fsp3) is 0.200. The molecular weight excluding hydrogens is 950 g/mol. The van der Waals surface area contributed by atoms with E-state index in [1.807, 2.05) is 12.4 Å². The number of hydrogen-bond donors (Lipinski definition) is 0. The Kier molecular flexibility index (Phi) is 15.4. The van der Waals surface area contributed by atoms with Gasteiger partial charge in [-0.1, -0.05) is 89.1 Å². The van der Waals surface area contributed by atoms with E-state index in [1.54, 1.807) is 48.8 Å². The maximum Gasteiger partial charge on any atom is 0.0408 e. The molecule has 303 valence electrons. The molecule has 16 heteroatoms. The molecule has 6 aromatic rings. The average Bonchev–Trinajstić information content (AvgIpc) is 3.08. The van der Waals surface area contributed by atoms with Crippen molar-refractivity contribution >= 4 is 7.81 Å². The van der Waals surface area contributed by atoms with Crippen LogP contribution < -0.4 is 0 Å². The minimum atomic E-state index is -10.7. The number of nitrogens with zero attached hydrogens (tertiary/aromatic N) is 4. The summed E-state index contributed by atoms with van der Waals surface area (Å²) < 4.78 is 111. The Labute approximate surface area is 332 Å². The third kappa shape index (κ3) is 17.5. The van der Waals surface area contributed by atoms with E-state index in [1.165, 1.54) is 11.1 Å². The van der Waals surface area contributed by atoms with E-state index in [2.05, 4.69) is 97.9 Å². The summed E-state index contributed by atoms with van der Waals surface area (Å²) in [6.45, 7) is 13.3. The van der Waals surface area contributed by atoms with Crippen molar-refractivity contribution in [3.05, 3.63) is 156 Å². The number of benzene rings is 2. The van der Waals surface area contributed by atoms with Crippen LogP contribution in [0.3, 0.4) is 0 Å². The summed E-state index contributed by atoms with van der Waals surface area (Å²) in [4.78, 5) is 16.9. The van der Waals surface area contributed by atoms with Crippen molar-refractivity contribution in [1.82, 2.24) is 19.9 Å². The molecule has 0 amide bonds. The first-order chi connectivity index (χ1) is 25.2. The Morgan fingerprint density at radius 2 is 0.786 bits per heavy atom. The summed E-state index contributed by atoms with van der Waals surface area (Å²) in [6.07, 6.45) is 6.85. The van der Waals surface area contributed by atoms with E-state index in [9.17, 15) is 42.7 Å². The van der Waals surface area contributed by atoms with Gasteiger partial charge in [0.1, 0.15) is 0 Å². The third-order valence-electron chi connectivity index (χ3n) is 7.07. The van der Waals surface area contributed by atoms with Crippen LogP contribution in [0.4, 0.5) is 42.7 Å². The minimum Gasteiger partial charge on any atom is -0.305 e. The van der Waals surface area contributed by atoms with Gasteiger partial charge in [0.2, 0.25) is 0 Å². The third-order valence-corrected chi connectivity index (χ3v) is 7.07. The molecule has 0 fully saturated rings.